The topological polar surface area (TPSA) is 55.3 Å². The lowest BCUT2D eigenvalue weighted by Crippen LogP contribution is -2.53. The third-order valence-corrected chi connectivity index (χ3v) is 1.92. The van der Waals surface area contributed by atoms with Crippen molar-refractivity contribution in [2.75, 3.05) is 20.1 Å². The molecule has 0 spiro atoms. The van der Waals surface area contributed by atoms with Gasteiger partial charge in [0, 0.05) is 18.6 Å². The number of piperidine rings is 1. The summed E-state index contributed by atoms with van der Waals surface area (Å²) in [6.45, 7) is 2.04. The van der Waals surface area contributed by atoms with Gasteiger partial charge in [-0.15, -0.1) is 0 Å². The minimum absolute atomic E-state index is 0.184. The quantitative estimate of drug-likeness (QED) is 0.440. The van der Waals surface area contributed by atoms with Crippen molar-refractivity contribution in [1.29, 1.82) is 0 Å². The van der Waals surface area contributed by atoms with Crippen LogP contribution in [0.2, 0.25) is 0 Å². The van der Waals surface area contributed by atoms with Crippen molar-refractivity contribution in [2.24, 2.45) is 11.5 Å². The highest BCUT2D eigenvalue weighted by Crippen LogP contribution is 2.03. The van der Waals surface area contributed by atoms with Gasteiger partial charge in [-0.2, -0.15) is 0 Å². The van der Waals surface area contributed by atoms with E-state index in [1.165, 1.54) is 0 Å². The highest BCUT2D eigenvalue weighted by Gasteiger charge is 2.20. The molecule has 1 heterocycles. The molecule has 0 aliphatic carbocycles. The van der Waals surface area contributed by atoms with Gasteiger partial charge in [-0.05, 0) is 20.0 Å². The van der Waals surface area contributed by atoms with E-state index >= 15 is 0 Å². The molecular formula is C6H15N3. The van der Waals surface area contributed by atoms with Crippen molar-refractivity contribution >= 4 is 0 Å². The Balaban J connectivity index is 2.35. The maximum absolute atomic E-state index is 5.70. The third kappa shape index (κ3) is 1.64. The Kier molecular flexibility index (Phi) is 2.05. The van der Waals surface area contributed by atoms with Gasteiger partial charge in [-0.25, -0.2) is 0 Å². The first-order chi connectivity index (χ1) is 4.20. The summed E-state index contributed by atoms with van der Waals surface area (Å²) in [4.78, 5) is 2.22. The third-order valence-electron chi connectivity index (χ3n) is 1.92. The standard InChI is InChI=1S/C6H15N3/c1-9-3-2-5(7)6(8)4-9/h5-6H,2-4,7-8H2,1H3/t5-,6+/m1/s1. The molecule has 54 valence electrons. The molecule has 3 heteroatoms. The first-order valence-corrected chi connectivity index (χ1v) is 3.40. The molecule has 1 saturated heterocycles. The molecular weight excluding hydrogens is 114 g/mol. The maximum Gasteiger partial charge on any atom is 0.0322 e. The van der Waals surface area contributed by atoms with Gasteiger partial charge in [0.05, 0.1) is 0 Å². The summed E-state index contributed by atoms with van der Waals surface area (Å²) in [5, 5.41) is 0. The summed E-state index contributed by atoms with van der Waals surface area (Å²) in [7, 11) is 2.08. The highest BCUT2D eigenvalue weighted by atomic mass is 15.1. The van der Waals surface area contributed by atoms with E-state index in [0.29, 0.717) is 0 Å². The monoisotopic (exact) mass is 129 g/mol. The molecule has 4 N–H and O–H groups in total. The van der Waals surface area contributed by atoms with Gasteiger partial charge in [0.1, 0.15) is 0 Å². The summed E-state index contributed by atoms with van der Waals surface area (Å²) >= 11 is 0. The summed E-state index contributed by atoms with van der Waals surface area (Å²) < 4.78 is 0. The molecule has 0 saturated carbocycles. The molecule has 0 aromatic carbocycles. The van der Waals surface area contributed by atoms with Crippen LogP contribution in [0.4, 0.5) is 0 Å². The fraction of sp³-hybridized carbons (Fsp3) is 1.00. The van der Waals surface area contributed by atoms with Crippen LogP contribution >= 0.6 is 0 Å². The van der Waals surface area contributed by atoms with Crippen LogP contribution in [0.1, 0.15) is 6.42 Å². The van der Waals surface area contributed by atoms with Crippen LogP contribution in [0, 0.1) is 0 Å². The van der Waals surface area contributed by atoms with Crippen LogP contribution in [0.25, 0.3) is 0 Å². The van der Waals surface area contributed by atoms with E-state index in [2.05, 4.69) is 11.9 Å². The Morgan fingerprint density at radius 3 is 2.44 bits per heavy atom. The van der Waals surface area contributed by atoms with Gasteiger partial charge >= 0.3 is 0 Å². The highest BCUT2D eigenvalue weighted by molar-refractivity contribution is 4.83. The summed E-state index contributed by atoms with van der Waals surface area (Å²) in [6, 6.07) is 0.407. The average molecular weight is 129 g/mol. The van der Waals surface area contributed by atoms with Crippen molar-refractivity contribution in [1.82, 2.24) is 4.90 Å². The van der Waals surface area contributed by atoms with Crippen molar-refractivity contribution in [2.45, 2.75) is 18.5 Å². The van der Waals surface area contributed by atoms with E-state index < -0.39 is 0 Å². The summed E-state index contributed by atoms with van der Waals surface area (Å²) in [5.74, 6) is 0. The average Bonchev–Trinajstić information content (AvgIpc) is 1.80. The van der Waals surface area contributed by atoms with Gasteiger partial charge in [-0.1, -0.05) is 0 Å². The number of likely N-dealkylation sites (N-methyl/N-ethyl adjacent to an activating group) is 1. The fourth-order valence-corrected chi connectivity index (χ4v) is 1.17. The molecule has 1 rings (SSSR count). The molecule has 1 aliphatic heterocycles. The van der Waals surface area contributed by atoms with Crippen LogP contribution in [0.3, 0.4) is 0 Å². The molecule has 0 unspecified atom stereocenters. The predicted octanol–water partition coefficient (Wildman–Crippen LogP) is -1.02. The van der Waals surface area contributed by atoms with Gasteiger partial charge < -0.3 is 16.4 Å². The molecule has 0 aromatic heterocycles. The van der Waals surface area contributed by atoms with E-state index in [0.717, 1.165) is 19.5 Å². The lowest BCUT2D eigenvalue weighted by atomic mass is 10.0. The molecule has 0 radical (unpaired) electrons. The Hall–Kier alpha value is -0.120. The summed E-state index contributed by atoms with van der Waals surface area (Å²) in [5.41, 5.74) is 11.4. The molecule has 0 amide bonds. The van der Waals surface area contributed by atoms with Crippen LogP contribution in [0.15, 0.2) is 0 Å². The molecule has 0 aromatic rings. The van der Waals surface area contributed by atoms with Crippen LogP contribution < -0.4 is 11.5 Å². The Morgan fingerprint density at radius 2 is 2.00 bits per heavy atom. The Morgan fingerprint density at radius 1 is 1.33 bits per heavy atom. The van der Waals surface area contributed by atoms with Crippen molar-refractivity contribution in [3.8, 4) is 0 Å². The maximum atomic E-state index is 5.70. The van der Waals surface area contributed by atoms with E-state index in [9.17, 15) is 0 Å². The van der Waals surface area contributed by atoms with Gasteiger partial charge in [0.25, 0.3) is 0 Å². The second-order valence-corrected chi connectivity index (χ2v) is 2.88. The number of hydrogen-bond donors (Lipinski definition) is 2. The number of nitrogens with two attached hydrogens (primary N) is 2. The van der Waals surface area contributed by atoms with Gasteiger partial charge in [-0.3, -0.25) is 0 Å². The van der Waals surface area contributed by atoms with Crippen molar-refractivity contribution in [3.05, 3.63) is 0 Å². The second-order valence-electron chi connectivity index (χ2n) is 2.88. The van der Waals surface area contributed by atoms with Crippen LogP contribution in [0.5, 0.6) is 0 Å². The minimum Gasteiger partial charge on any atom is -0.326 e. The molecule has 9 heavy (non-hydrogen) atoms. The van der Waals surface area contributed by atoms with Crippen LogP contribution in [-0.2, 0) is 0 Å². The molecule has 2 atom stereocenters. The number of hydrogen-bond acceptors (Lipinski definition) is 3. The van der Waals surface area contributed by atoms with Gasteiger partial charge in [0.2, 0.25) is 0 Å². The van der Waals surface area contributed by atoms with E-state index in [4.69, 9.17) is 11.5 Å². The van der Waals surface area contributed by atoms with Crippen molar-refractivity contribution in [3.63, 3.8) is 0 Å². The zero-order valence-corrected chi connectivity index (χ0v) is 5.88. The number of nitrogens with zero attached hydrogens (tertiary/aromatic N) is 1. The zero-order chi connectivity index (χ0) is 6.85. The minimum atomic E-state index is 0.184. The van der Waals surface area contributed by atoms with E-state index in [1.807, 2.05) is 0 Å². The lowest BCUT2D eigenvalue weighted by Gasteiger charge is -2.31. The van der Waals surface area contributed by atoms with Crippen molar-refractivity contribution < 1.29 is 0 Å². The summed E-state index contributed by atoms with van der Waals surface area (Å²) in [6.07, 6.45) is 1.04. The SMILES string of the molecule is CN1CC[C@@H](N)[C@@H](N)C1. The van der Waals surface area contributed by atoms with E-state index in [-0.39, 0.29) is 12.1 Å². The number of likely N-dealkylation sites (tertiary alicyclic amines) is 1. The molecule has 3 nitrogen and oxygen atoms in total. The Labute approximate surface area is 56.0 Å². The molecule has 1 aliphatic rings. The predicted molar refractivity (Wildman–Crippen MR) is 38.1 cm³/mol. The largest absolute Gasteiger partial charge is 0.326 e. The first-order valence-electron chi connectivity index (χ1n) is 3.40. The van der Waals surface area contributed by atoms with E-state index in [1.54, 1.807) is 0 Å². The molecule has 1 fully saturated rings. The normalized spacial score (nSPS) is 39.0. The lowest BCUT2D eigenvalue weighted by molar-refractivity contribution is 0.229. The fourth-order valence-electron chi connectivity index (χ4n) is 1.17. The zero-order valence-electron chi connectivity index (χ0n) is 5.88. The van der Waals surface area contributed by atoms with Crippen LogP contribution in [-0.4, -0.2) is 37.1 Å². The Bertz CT molecular complexity index is 94.3. The van der Waals surface area contributed by atoms with Gasteiger partial charge in [0.15, 0.2) is 0 Å². The first kappa shape index (κ1) is 6.99. The second kappa shape index (κ2) is 2.64. The number of rotatable bonds is 0. The smallest absolute Gasteiger partial charge is 0.0322 e. The molecule has 0 bridgehead atoms.